The summed E-state index contributed by atoms with van der Waals surface area (Å²) in [6.07, 6.45) is 2.30. The highest BCUT2D eigenvalue weighted by Gasteiger charge is 2.29. The predicted molar refractivity (Wildman–Crippen MR) is 74.1 cm³/mol. The molecule has 0 saturated heterocycles. The molecule has 1 N–H and O–H groups in total. The fourth-order valence-electron chi connectivity index (χ4n) is 2.37. The van der Waals surface area contributed by atoms with Gasteiger partial charge in [0.05, 0.1) is 17.7 Å². The Labute approximate surface area is 108 Å². The second-order valence-electron chi connectivity index (χ2n) is 5.09. The number of fused-ring (bicyclic) bond motifs is 1. The molecule has 2 rings (SSSR count). The molecule has 1 aliphatic heterocycles. The lowest BCUT2D eigenvalue weighted by Gasteiger charge is -2.31. The van der Waals surface area contributed by atoms with Crippen molar-refractivity contribution >= 4 is 11.6 Å². The molecule has 0 radical (unpaired) electrons. The number of benzene rings is 1. The molecule has 96 valence electrons. The van der Waals surface area contributed by atoms with Crippen LogP contribution in [-0.4, -0.2) is 24.2 Å². The van der Waals surface area contributed by atoms with Gasteiger partial charge in [-0.15, -0.1) is 0 Å². The van der Waals surface area contributed by atoms with E-state index >= 15 is 0 Å². The van der Waals surface area contributed by atoms with Crippen LogP contribution in [-0.2, 0) is 11.2 Å². The molecular weight excluding hydrogens is 224 g/mol. The zero-order valence-corrected chi connectivity index (χ0v) is 11.3. The van der Waals surface area contributed by atoms with Gasteiger partial charge in [0, 0.05) is 7.05 Å². The molecule has 1 aromatic carbocycles. The summed E-state index contributed by atoms with van der Waals surface area (Å²) in [4.78, 5) is 16.4. The molecule has 1 atom stereocenters. The smallest absolute Gasteiger partial charge is 0.225 e. The molecule has 1 aliphatic rings. The molecule has 3 nitrogen and oxygen atoms in total. The number of hydrogen-bond acceptors (Lipinski definition) is 2. The lowest BCUT2D eigenvalue weighted by Crippen LogP contribution is -2.33. The van der Waals surface area contributed by atoms with E-state index in [2.05, 4.69) is 37.4 Å². The third-order valence-corrected chi connectivity index (χ3v) is 3.67. The molecule has 0 fully saturated rings. The molecule has 1 aromatic rings. The standard InChI is InChI=1S/C15H20N2O/c1-4-15(2)10-11-7-5-6-8-12(11)13(17-15)9-14(18)16-3/h5-8H,4,9-10H2,1-3H3,(H,16,18)/t15-/m1/s1. The molecule has 0 saturated carbocycles. The molecule has 3 heteroatoms. The zero-order chi connectivity index (χ0) is 13.2. The Hall–Kier alpha value is -1.64. The maximum atomic E-state index is 11.6. The van der Waals surface area contributed by atoms with E-state index < -0.39 is 0 Å². The first kappa shape index (κ1) is 12.8. The quantitative estimate of drug-likeness (QED) is 0.871. The van der Waals surface area contributed by atoms with Crippen molar-refractivity contribution in [3.63, 3.8) is 0 Å². The predicted octanol–water partition coefficient (Wildman–Crippen LogP) is 2.34. The summed E-state index contributed by atoms with van der Waals surface area (Å²) in [5.74, 6) is 0.0175. The first-order chi connectivity index (χ1) is 8.58. The average molecular weight is 244 g/mol. The van der Waals surface area contributed by atoms with Crippen LogP contribution in [0.15, 0.2) is 29.3 Å². The monoisotopic (exact) mass is 244 g/mol. The van der Waals surface area contributed by atoms with Crippen LogP contribution in [0, 0.1) is 0 Å². The van der Waals surface area contributed by atoms with Gasteiger partial charge >= 0.3 is 0 Å². The van der Waals surface area contributed by atoms with Crippen molar-refractivity contribution in [1.82, 2.24) is 5.32 Å². The second-order valence-corrected chi connectivity index (χ2v) is 5.09. The molecule has 0 aliphatic carbocycles. The molecular formula is C15H20N2O. The summed E-state index contributed by atoms with van der Waals surface area (Å²) in [6, 6.07) is 8.26. The minimum Gasteiger partial charge on any atom is -0.359 e. The maximum Gasteiger partial charge on any atom is 0.225 e. The van der Waals surface area contributed by atoms with Gasteiger partial charge < -0.3 is 5.32 Å². The highest BCUT2D eigenvalue weighted by molar-refractivity contribution is 6.12. The summed E-state index contributed by atoms with van der Waals surface area (Å²) < 4.78 is 0. The van der Waals surface area contributed by atoms with E-state index in [0.717, 1.165) is 24.1 Å². The Bertz CT molecular complexity index is 493. The van der Waals surface area contributed by atoms with E-state index in [-0.39, 0.29) is 11.4 Å². The molecule has 0 spiro atoms. The molecule has 0 unspecified atom stereocenters. The average Bonchev–Trinajstić information content (AvgIpc) is 2.38. The van der Waals surface area contributed by atoms with Crippen molar-refractivity contribution in [2.75, 3.05) is 7.05 Å². The van der Waals surface area contributed by atoms with Gasteiger partial charge in [-0.3, -0.25) is 9.79 Å². The summed E-state index contributed by atoms with van der Waals surface area (Å²) in [7, 11) is 1.66. The lowest BCUT2D eigenvalue weighted by atomic mass is 9.83. The van der Waals surface area contributed by atoms with Crippen molar-refractivity contribution in [3.8, 4) is 0 Å². The number of amides is 1. The van der Waals surface area contributed by atoms with Crippen LogP contribution in [0.5, 0.6) is 0 Å². The Morgan fingerprint density at radius 1 is 1.44 bits per heavy atom. The van der Waals surface area contributed by atoms with E-state index in [1.807, 2.05) is 6.07 Å². The van der Waals surface area contributed by atoms with Crippen LogP contribution < -0.4 is 5.32 Å². The first-order valence-corrected chi connectivity index (χ1v) is 6.45. The van der Waals surface area contributed by atoms with Gasteiger partial charge in [0.1, 0.15) is 0 Å². The Kier molecular flexibility index (Phi) is 3.50. The number of nitrogens with one attached hydrogen (secondary N) is 1. The van der Waals surface area contributed by atoms with Crippen LogP contribution in [0.2, 0.25) is 0 Å². The van der Waals surface area contributed by atoms with Crippen LogP contribution >= 0.6 is 0 Å². The number of rotatable bonds is 3. The largest absolute Gasteiger partial charge is 0.359 e. The van der Waals surface area contributed by atoms with Gasteiger partial charge in [0.2, 0.25) is 5.91 Å². The molecule has 1 amide bonds. The van der Waals surface area contributed by atoms with Crippen LogP contribution in [0.1, 0.15) is 37.8 Å². The van der Waals surface area contributed by atoms with Gasteiger partial charge in [-0.25, -0.2) is 0 Å². The number of aliphatic imine (C=N–C) groups is 1. The van der Waals surface area contributed by atoms with E-state index in [0.29, 0.717) is 6.42 Å². The minimum absolute atomic E-state index is 0.0175. The van der Waals surface area contributed by atoms with E-state index in [1.165, 1.54) is 5.56 Å². The van der Waals surface area contributed by atoms with Gasteiger partial charge in [-0.05, 0) is 30.9 Å². The number of nitrogens with zero attached hydrogens (tertiary/aromatic N) is 1. The molecule has 0 aromatic heterocycles. The summed E-state index contributed by atoms with van der Waals surface area (Å²) >= 11 is 0. The van der Waals surface area contributed by atoms with Crippen LogP contribution in [0.4, 0.5) is 0 Å². The molecule has 18 heavy (non-hydrogen) atoms. The molecule has 0 bridgehead atoms. The van der Waals surface area contributed by atoms with Crippen molar-refractivity contribution in [3.05, 3.63) is 35.4 Å². The second kappa shape index (κ2) is 4.92. The zero-order valence-electron chi connectivity index (χ0n) is 11.3. The highest BCUT2D eigenvalue weighted by atomic mass is 16.1. The number of carbonyl (C=O) groups is 1. The number of carbonyl (C=O) groups excluding carboxylic acids is 1. The highest BCUT2D eigenvalue weighted by Crippen LogP contribution is 2.30. The van der Waals surface area contributed by atoms with Gasteiger partial charge in [-0.1, -0.05) is 31.2 Å². The number of hydrogen-bond donors (Lipinski definition) is 1. The molecule has 1 heterocycles. The van der Waals surface area contributed by atoms with E-state index in [1.54, 1.807) is 7.05 Å². The van der Waals surface area contributed by atoms with E-state index in [4.69, 9.17) is 4.99 Å². The Morgan fingerprint density at radius 2 is 2.17 bits per heavy atom. The minimum atomic E-state index is -0.0717. The lowest BCUT2D eigenvalue weighted by molar-refractivity contribution is -0.119. The Balaban J connectivity index is 2.41. The van der Waals surface area contributed by atoms with Gasteiger partial charge in [0.25, 0.3) is 0 Å². The van der Waals surface area contributed by atoms with E-state index in [9.17, 15) is 4.79 Å². The topological polar surface area (TPSA) is 41.5 Å². The van der Waals surface area contributed by atoms with Gasteiger partial charge in [-0.2, -0.15) is 0 Å². The summed E-state index contributed by atoms with van der Waals surface area (Å²) in [5, 5.41) is 2.67. The summed E-state index contributed by atoms with van der Waals surface area (Å²) in [6.45, 7) is 4.31. The fraction of sp³-hybridized carbons (Fsp3) is 0.467. The third-order valence-electron chi connectivity index (χ3n) is 3.67. The van der Waals surface area contributed by atoms with Crippen molar-refractivity contribution in [2.45, 2.75) is 38.6 Å². The maximum absolute atomic E-state index is 11.6. The van der Waals surface area contributed by atoms with Crippen molar-refractivity contribution in [1.29, 1.82) is 0 Å². The van der Waals surface area contributed by atoms with Crippen LogP contribution in [0.3, 0.4) is 0 Å². The fourth-order valence-corrected chi connectivity index (χ4v) is 2.37. The van der Waals surface area contributed by atoms with Crippen LogP contribution in [0.25, 0.3) is 0 Å². The SMILES string of the molecule is CC[C@]1(C)Cc2ccccc2C(CC(=O)NC)=N1. The normalized spacial score (nSPS) is 22.1. The first-order valence-electron chi connectivity index (χ1n) is 6.45. The van der Waals surface area contributed by atoms with Gasteiger partial charge in [0.15, 0.2) is 0 Å². The third kappa shape index (κ3) is 2.45. The Morgan fingerprint density at radius 3 is 2.83 bits per heavy atom. The van der Waals surface area contributed by atoms with Crippen molar-refractivity contribution < 1.29 is 4.79 Å². The van der Waals surface area contributed by atoms with Crippen molar-refractivity contribution in [2.24, 2.45) is 4.99 Å². The summed E-state index contributed by atoms with van der Waals surface area (Å²) in [5.41, 5.74) is 3.28.